The van der Waals surface area contributed by atoms with E-state index >= 15 is 0 Å². The summed E-state index contributed by atoms with van der Waals surface area (Å²) in [7, 11) is 0. The number of allylic oxidation sites excluding steroid dienone is 10. The van der Waals surface area contributed by atoms with Gasteiger partial charge in [0.25, 0.3) is 0 Å². The Bertz CT molecular complexity index is 1130. The highest BCUT2D eigenvalue weighted by atomic mass is 16.6. The van der Waals surface area contributed by atoms with E-state index in [9.17, 15) is 14.4 Å². The van der Waals surface area contributed by atoms with E-state index < -0.39 is 6.10 Å². The lowest BCUT2D eigenvalue weighted by Gasteiger charge is -2.18. The van der Waals surface area contributed by atoms with Crippen molar-refractivity contribution < 1.29 is 28.6 Å². The van der Waals surface area contributed by atoms with Crippen LogP contribution in [-0.2, 0) is 28.6 Å². The molecule has 6 heteroatoms. The molecule has 0 saturated carbocycles. The summed E-state index contributed by atoms with van der Waals surface area (Å²) in [6.45, 7) is 6.44. The van der Waals surface area contributed by atoms with E-state index in [1.807, 2.05) is 0 Å². The first-order chi connectivity index (χ1) is 30.5. The van der Waals surface area contributed by atoms with Gasteiger partial charge in [0.15, 0.2) is 6.10 Å². The predicted octanol–water partition coefficient (Wildman–Crippen LogP) is 17.3. The molecule has 0 heterocycles. The summed E-state index contributed by atoms with van der Waals surface area (Å²) in [4.78, 5) is 37.9. The molecule has 1 unspecified atom stereocenters. The smallest absolute Gasteiger partial charge is 0.306 e. The molecule has 0 amide bonds. The lowest BCUT2D eigenvalue weighted by atomic mass is 10.0. The number of unbranched alkanes of at least 4 members (excludes halogenated alkanes) is 29. The second-order valence-corrected chi connectivity index (χ2v) is 17.5. The van der Waals surface area contributed by atoms with Crippen molar-refractivity contribution in [1.29, 1.82) is 0 Å². The van der Waals surface area contributed by atoms with Gasteiger partial charge in [-0.25, -0.2) is 0 Å². The van der Waals surface area contributed by atoms with E-state index in [-0.39, 0.29) is 31.1 Å². The number of hydrogen-bond acceptors (Lipinski definition) is 6. The molecular weight excluding hydrogens is 769 g/mol. The van der Waals surface area contributed by atoms with Crippen molar-refractivity contribution in [2.24, 2.45) is 0 Å². The highest BCUT2D eigenvalue weighted by Crippen LogP contribution is 2.16. The fourth-order valence-corrected chi connectivity index (χ4v) is 7.36. The maximum Gasteiger partial charge on any atom is 0.306 e. The SMILES string of the molecule is CC\C=C/C=C\C=C/CCCCCCCCCC(=O)OC(COC(=O)CCCCC/C=C\C=C/CCCC)COC(=O)CCCCCCCCCCCCCCCCCCCC. The number of esters is 3. The van der Waals surface area contributed by atoms with Gasteiger partial charge in [-0.3, -0.25) is 14.4 Å². The molecule has 0 aromatic rings. The molecule has 0 spiro atoms. The number of rotatable bonds is 47. The normalized spacial score (nSPS) is 12.5. The second-order valence-electron chi connectivity index (χ2n) is 17.5. The Morgan fingerprint density at radius 3 is 1.05 bits per heavy atom. The lowest BCUT2D eigenvalue weighted by molar-refractivity contribution is -0.167. The first-order valence-corrected chi connectivity index (χ1v) is 26.3. The standard InChI is InChI=1S/C56H98O6/c1-4-7-10-13-16-19-22-24-26-27-28-30-31-34-37-40-43-46-49-55(58)61-52-53(51-60-54(57)48-45-42-39-36-33-21-18-15-12-9-6-3)62-56(59)50-47-44-41-38-35-32-29-25-23-20-17-14-11-8-5-2/h8,11,14-15,17-18,20-21,23,33,53H,4-7,9-10,12-13,16,19,22,24-32,34-52H2,1-3H3/b11-8-,17-14-,18-15-,23-20-,33-21-. The minimum atomic E-state index is -0.788. The van der Waals surface area contributed by atoms with Crippen LogP contribution in [0, 0.1) is 0 Å². The van der Waals surface area contributed by atoms with Crippen molar-refractivity contribution in [3.63, 3.8) is 0 Å². The molecule has 6 nitrogen and oxygen atoms in total. The van der Waals surface area contributed by atoms with Gasteiger partial charge in [-0.15, -0.1) is 0 Å². The fraction of sp³-hybridized carbons (Fsp3) is 0.768. The number of hydrogen-bond donors (Lipinski definition) is 0. The zero-order chi connectivity index (χ0) is 45.1. The second kappa shape index (κ2) is 50.8. The van der Waals surface area contributed by atoms with Gasteiger partial charge >= 0.3 is 17.9 Å². The van der Waals surface area contributed by atoms with Gasteiger partial charge in [-0.2, -0.15) is 0 Å². The first-order valence-electron chi connectivity index (χ1n) is 26.3. The fourth-order valence-electron chi connectivity index (χ4n) is 7.36. The van der Waals surface area contributed by atoms with E-state index in [1.165, 1.54) is 135 Å². The monoisotopic (exact) mass is 867 g/mol. The average Bonchev–Trinajstić information content (AvgIpc) is 3.27. The van der Waals surface area contributed by atoms with Crippen LogP contribution in [0.5, 0.6) is 0 Å². The van der Waals surface area contributed by atoms with Crippen molar-refractivity contribution >= 4 is 17.9 Å². The maximum absolute atomic E-state index is 12.8. The summed E-state index contributed by atoms with van der Waals surface area (Å²) in [6, 6.07) is 0. The van der Waals surface area contributed by atoms with Crippen LogP contribution < -0.4 is 0 Å². The third-order valence-corrected chi connectivity index (χ3v) is 11.3. The van der Waals surface area contributed by atoms with Crippen LogP contribution >= 0.6 is 0 Å². The number of carbonyl (C=O) groups excluding carboxylic acids is 3. The summed E-state index contributed by atoms with van der Waals surface area (Å²) in [5.41, 5.74) is 0. The minimum Gasteiger partial charge on any atom is -0.462 e. The summed E-state index contributed by atoms with van der Waals surface area (Å²) >= 11 is 0. The largest absolute Gasteiger partial charge is 0.462 e. The van der Waals surface area contributed by atoms with Gasteiger partial charge in [0, 0.05) is 19.3 Å². The van der Waals surface area contributed by atoms with E-state index in [4.69, 9.17) is 14.2 Å². The highest BCUT2D eigenvalue weighted by molar-refractivity contribution is 5.71. The molecule has 0 rings (SSSR count). The molecule has 0 radical (unpaired) electrons. The Labute approximate surface area is 383 Å². The van der Waals surface area contributed by atoms with Gasteiger partial charge in [0.05, 0.1) is 0 Å². The Morgan fingerprint density at radius 2 is 0.645 bits per heavy atom. The maximum atomic E-state index is 12.8. The van der Waals surface area contributed by atoms with Crippen molar-refractivity contribution in [3.05, 3.63) is 60.8 Å². The van der Waals surface area contributed by atoms with E-state index in [0.717, 1.165) is 83.5 Å². The summed E-state index contributed by atoms with van der Waals surface area (Å²) in [5, 5.41) is 0. The summed E-state index contributed by atoms with van der Waals surface area (Å²) in [5.74, 6) is -0.921. The third-order valence-electron chi connectivity index (χ3n) is 11.3. The van der Waals surface area contributed by atoms with Crippen LogP contribution in [0.4, 0.5) is 0 Å². The van der Waals surface area contributed by atoms with Gasteiger partial charge < -0.3 is 14.2 Å². The van der Waals surface area contributed by atoms with E-state index in [0.29, 0.717) is 19.3 Å². The molecule has 358 valence electrons. The minimum absolute atomic E-state index is 0.0858. The van der Waals surface area contributed by atoms with Crippen LogP contribution in [0.15, 0.2) is 60.8 Å². The Morgan fingerprint density at radius 1 is 0.339 bits per heavy atom. The predicted molar refractivity (Wildman–Crippen MR) is 265 cm³/mol. The van der Waals surface area contributed by atoms with E-state index in [1.54, 1.807) is 0 Å². The molecule has 0 aromatic carbocycles. The molecule has 0 bridgehead atoms. The molecule has 0 saturated heterocycles. The van der Waals surface area contributed by atoms with Gasteiger partial charge in [-0.05, 0) is 57.8 Å². The summed E-state index contributed by atoms with van der Waals surface area (Å²) in [6.07, 6.45) is 62.1. The first kappa shape index (κ1) is 59.1. The van der Waals surface area contributed by atoms with Gasteiger partial charge in [0.2, 0.25) is 0 Å². The quantitative estimate of drug-likeness (QED) is 0.0262. The summed E-state index contributed by atoms with van der Waals surface area (Å²) < 4.78 is 16.8. The van der Waals surface area contributed by atoms with Crippen LogP contribution in [0.3, 0.4) is 0 Å². The molecule has 0 fully saturated rings. The zero-order valence-corrected chi connectivity index (χ0v) is 40.9. The van der Waals surface area contributed by atoms with Crippen LogP contribution in [0.1, 0.15) is 258 Å². The molecule has 0 aliphatic carbocycles. The molecule has 0 N–H and O–H groups in total. The van der Waals surface area contributed by atoms with Gasteiger partial charge in [0.1, 0.15) is 13.2 Å². The van der Waals surface area contributed by atoms with Crippen molar-refractivity contribution in [2.75, 3.05) is 13.2 Å². The Kier molecular flexibility index (Phi) is 48.4. The zero-order valence-electron chi connectivity index (χ0n) is 40.9. The molecule has 0 aromatic heterocycles. The average molecular weight is 867 g/mol. The third kappa shape index (κ3) is 48.1. The topological polar surface area (TPSA) is 78.9 Å². The van der Waals surface area contributed by atoms with Crippen LogP contribution in [0.2, 0.25) is 0 Å². The van der Waals surface area contributed by atoms with Crippen molar-refractivity contribution in [2.45, 2.75) is 264 Å². The van der Waals surface area contributed by atoms with Crippen LogP contribution in [0.25, 0.3) is 0 Å². The molecule has 62 heavy (non-hydrogen) atoms. The molecular formula is C56H98O6. The molecule has 0 aliphatic rings. The molecule has 0 aliphatic heterocycles. The van der Waals surface area contributed by atoms with Crippen LogP contribution in [-0.4, -0.2) is 37.2 Å². The lowest BCUT2D eigenvalue weighted by Crippen LogP contribution is -2.30. The van der Waals surface area contributed by atoms with Gasteiger partial charge in [-0.1, -0.05) is 242 Å². The number of ether oxygens (including phenoxy) is 3. The Hall–Kier alpha value is -2.89. The highest BCUT2D eigenvalue weighted by Gasteiger charge is 2.19. The van der Waals surface area contributed by atoms with Crippen molar-refractivity contribution in [1.82, 2.24) is 0 Å². The van der Waals surface area contributed by atoms with E-state index in [2.05, 4.69) is 81.5 Å². The Balaban J connectivity index is 4.35. The van der Waals surface area contributed by atoms with Crippen molar-refractivity contribution in [3.8, 4) is 0 Å². The molecule has 1 atom stereocenters. The number of carbonyl (C=O) groups is 3.